The Morgan fingerprint density at radius 3 is 1.07 bits per heavy atom. The average molecular weight is 751 g/mol. The van der Waals surface area contributed by atoms with E-state index in [4.69, 9.17) is 0 Å². The van der Waals surface area contributed by atoms with Gasteiger partial charge in [0.2, 0.25) is 0 Å². The molecule has 0 spiro atoms. The van der Waals surface area contributed by atoms with Crippen molar-refractivity contribution in [2.24, 2.45) is 0 Å². The summed E-state index contributed by atoms with van der Waals surface area (Å²) in [5.41, 5.74) is 1.56. The highest BCUT2D eigenvalue weighted by atomic mass is 16.1. The van der Waals surface area contributed by atoms with Crippen molar-refractivity contribution in [3.05, 3.63) is 203 Å². The van der Waals surface area contributed by atoms with Crippen LogP contribution in [0.2, 0.25) is 0 Å². The van der Waals surface area contributed by atoms with Crippen LogP contribution in [-0.2, 0) is 0 Å². The number of hydrogen-bond acceptors (Lipinski definition) is 2. The van der Waals surface area contributed by atoms with Gasteiger partial charge < -0.3 is 9.13 Å². The normalized spacial score (nSPS) is 13.9. The number of nitrogens with zero attached hydrogens (tertiary/aromatic N) is 2. The molecule has 0 amide bonds. The third-order valence-electron chi connectivity index (χ3n) is 11.1. The van der Waals surface area contributed by atoms with Crippen molar-refractivity contribution in [1.29, 1.82) is 0 Å². The van der Waals surface area contributed by atoms with Gasteiger partial charge in [-0.05, 0) is 147 Å². The van der Waals surface area contributed by atoms with Gasteiger partial charge in [-0.1, -0.05) is 99.2 Å². The number of rotatable bonds is 2. The smallest absolute Gasteiger partial charge is 0.258 e. The van der Waals surface area contributed by atoms with E-state index in [1.807, 2.05) is 130 Å². The number of benzene rings is 5. The van der Waals surface area contributed by atoms with E-state index < -0.39 is 0 Å². The molecule has 2 aliphatic carbocycles. The maximum atomic E-state index is 14.4. The second kappa shape index (κ2) is 18.2. The zero-order chi connectivity index (χ0) is 39.5. The minimum atomic E-state index is -0.0607. The summed E-state index contributed by atoms with van der Waals surface area (Å²) in [6.07, 6.45) is 10.5. The molecule has 0 unspecified atom stereocenters. The lowest BCUT2D eigenvalue weighted by Crippen LogP contribution is -2.26. The molecule has 6 bridgehead atoms. The predicted octanol–water partition coefficient (Wildman–Crippen LogP) is 11.8. The third kappa shape index (κ3) is 8.94. The van der Waals surface area contributed by atoms with Crippen molar-refractivity contribution in [3.8, 4) is 0 Å². The number of fused-ring (bicyclic) bond motifs is 3. The molecule has 5 aromatic carbocycles. The van der Waals surface area contributed by atoms with Gasteiger partial charge >= 0.3 is 0 Å². The molecular formula is C54H42N2O2. The Kier molecular flexibility index (Phi) is 11.8. The van der Waals surface area contributed by atoms with Crippen LogP contribution in [0.5, 0.6) is 0 Å². The Bertz CT molecular complexity index is 2620. The topological polar surface area (TPSA) is 44.0 Å². The van der Waals surface area contributed by atoms with Gasteiger partial charge in [0, 0.05) is 66.2 Å². The average Bonchev–Trinajstić information content (AvgIpc) is 3.28. The van der Waals surface area contributed by atoms with Crippen molar-refractivity contribution in [2.75, 3.05) is 0 Å². The fourth-order valence-electron chi connectivity index (χ4n) is 8.05. The zero-order valence-corrected chi connectivity index (χ0v) is 32.5. The minimum absolute atomic E-state index is 0.0607. The van der Waals surface area contributed by atoms with E-state index in [1.54, 1.807) is 0 Å². The first-order valence-corrected chi connectivity index (χ1v) is 20.3. The second-order valence-electron chi connectivity index (χ2n) is 14.9. The maximum absolute atomic E-state index is 14.4. The molecule has 4 heteroatoms. The van der Waals surface area contributed by atoms with Gasteiger partial charge in [-0.2, -0.15) is 0 Å². The molecular weight excluding hydrogens is 709 g/mol. The minimum Gasteiger partial charge on any atom is -0.305 e. The zero-order valence-electron chi connectivity index (χ0n) is 32.5. The Hall–Kier alpha value is -7.16. The second-order valence-corrected chi connectivity index (χ2v) is 14.9. The van der Waals surface area contributed by atoms with Gasteiger partial charge in [0.1, 0.15) is 0 Å². The quantitative estimate of drug-likeness (QED) is 0.177. The van der Waals surface area contributed by atoms with Crippen LogP contribution >= 0.6 is 0 Å². The number of hydrogen-bond donors (Lipinski definition) is 0. The highest BCUT2D eigenvalue weighted by molar-refractivity contribution is 5.79. The molecule has 280 valence electrons. The van der Waals surface area contributed by atoms with E-state index in [0.717, 1.165) is 94.7 Å². The van der Waals surface area contributed by atoms with Crippen LogP contribution in [0.15, 0.2) is 131 Å². The third-order valence-corrected chi connectivity index (χ3v) is 11.1. The first-order valence-electron chi connectivity index (χ1n) is 20.3. The molecule has 4 aromatic heterocycles. The lowest BCUT2D eigenvalue weighted by Gasteiger charge is -2.24. The number of aromatic nitrogens is 2. The molecule has 58 heavy (non-hydrogen) atoms. The summed E-state index contributed by atoms with van der Waals surface area (Å²) in [4.78, 5) is 28.9. The van der Waals surface area contributed by atoms with Crippen LogP contribution in [0.4, 0.5) is 0 Å². The van der Waals surface area contributed by atoms with Crippen molar-refractivity contribution in [2.45, 2.75) is 76.3 Å². The Morgan fingerprint density at radius 2 is 0.707 bits per heavy atom. The lowest BCUT2D eigenvalue weighted by molar-refractivity contribution is 0.355. The Balaban J connectivity index is 1.35. The molecule has 4 heterocycles. The molecule has 4 nitrogen and oxygen atoms in total. The van der Waals surface area contributed by atoms with Gasteiger partial charge in [0.25, 0.3) is 11.1 Å². The van der Waals surface area contributed by atoms with Gasteiger partial charge in [0.15, 0.2) is 0 Å². The van der Waals surface area contributed by atoms with E-state index >= 15 is 0 Å². The van der Waals surface area contributed by atoms with Crippen LogP contribution < -0.4 is 11.1 Å². The van der Waals surface area contributed by atoms with Crippen molar-refractivity contribution in [3.63, 3.8) is 0 Å². The Labute approximate surface area is 341 Å². The summed E-state index contributed by atoms with van der Waals surface area (Å²) in [5, 5.41) is 5.97. The highest BCUT2D eigenvalue weighted by Crippen LogP contribution is 2.29. The lowest BCUT2D eigenvalue weighted by atomic mass is 9.95. The first kappa shape index (κ1) is 37.7. The van der Waals surface area contributed by atoms with E-state index in [9.17, 15) is 9.59 Å². The fourth-order valence-corrected chi connectivity index (χ4v) is 8.05. The van der Waals surface area contributed by atoms with Crippen molar-refractivity contribution >= 4 is 54.1 Å². The summed E-state index contributed by atoms with van der Waals surface area (Å²) < 4.78 is 3.92. The summed E-state index contributed by atoms with van der Waals surface area (Å²) >= 11 is 0. The fraction of sp³-hybridized carbons (Fsp3) is 0.222. The molecule has 9 aromatic rings. The van der Waals surface area contributed by atoms with Gasteiger partial charge in [-0.15, -0.1) is 0 Å². The van der Waals surface area contributed by atoms with Gasteiger partial charge in [0.05, 0.1) is 0 Å². The molecule has 2 aliphatic rings. The van der Waals surface area contributed by atoms with Crippen molar-refractivity contribution in [1.82, 2.24) is 9.13 Å². The maximum Gasteiger partial charge on any atom is 0.258 e. The molecule has 11 rings (SSSR count). The molecule has 0 saturated heterocycles. The first-order chi connectivity index (χ1) is 28.6. The van der Waals surface area contributed by atoms with E-state index in [-0.39, 0.29) is 23.2 Å². The van der Waals surface area contributed by atoms with Crippen LogP contribution in [-0.4, -0.2) is 9.13 Å². The molecule has 0 N–H and O–H groups in total. The predicted molar refractivity (Wildman–Crippen MR) is 234 cm³/mol. The molecule has 2 fully saturated rings. The van der Waals surface area contributed by atoms with Crippen molar-refractivity contribution < 1.29 is 0 Å². The summed E-state index contributed by atoms with van der Waals surface area (Å²) in [7, 11) is 0. The molecule has 0 aliphatic heterocycles. The van der Waals surface area contributed by atoms with Gasteiger partial charge in [-0.25, -0.2) is 0 Å². The molecule has 2 saturated carbocycles. The monoisotopic (exact) mass is 750 g/mol. The summed E-state index contributed by atoms with van der Waals surface area (Å²) in [6.45, 7) is 0. The highest BCUT2D eigenvalue weighted by Gasteiger charge is 2.19. The summed E-state index contributed by atoms with van der Waals surface area (Å²) in [6, 6.07) is 69.8. The van der Waals surface area contributed by atoms with Crippen LogP contribution in [0.3, 0.4) is 0 Å². The van der Waals surface area contributed by atoms with Crippen LogP contribution in [0, 0.1) is 60.7 Å². The van der Waals surface area contributed by atoms with E-state index in [1.165, 1.54) is 12.8 Å². The molecule has 0 atom stereocenters. The van der Waals surface area contributed by atoms with Crippen LogP contribution in [0.1, 0.15) is 76.3 Å². The standard InChI is InChI=1S/C54H42N2O2/c57-53-47-33-35-48(36-34-47)54(58)56(50-23-9-4-10-24-50)52-39-29-42(30-40-52)26-32-46-20-14-12-18-44(46)16-6-2-1-5-15-43-17-11-13-19-45(43)31-25-41-27-37-51(38-28-41)55(53)49-21-7-3-8-22-49/h11-14,17-20,27-30,33-40,49-50H,3-4,7-10,21-24H2. The van der Waals surface area contributed by atoms with Gasteiger partial charge in [-0.3, -0.25) is 9.59 Å². The van der Waals surface area contributed by atoms with E-state index in [0.29, 0.717) is 10.8 Å². The largest absolute Gasteiger partial charge is 0.305 e. The van der Waals surface area contributed by atoms with E-state index in [2.05, 4.69) is 60.7 Å². The van der Waals surface area contributed by atoms with Crippen LogP contribution in [0.25, 0.3) is 54.1 Å². The Morgan fingerprint density at radius 1 is 0.362 bits per heavy atom. The summed E-state index contributed by atoms with van der Waals surface area (Å²) in [5.74, 6) is 0. The molecule has 0 radical (unpaired) electrons. The SMILES string of the molecule is O=c1c2ccc(cc2)c(=O)n(C2CCCCC2)c2ccc(c#cc3ccccc3c#cc#cc#cc3ccccc3c#cc3ccc(cc3)n1C1CCCCC1)cc2.